The lowest BCUT2D eigenvalue weighted by Crippen LogP contribution is -2.12. The van der Waals surface area contributed by atoms with Gasteiger partial charge in [0.1, 0.15) is 5.76 Å². The molecule has 0 aliphatic rings. The van der Waals surface area contributed by atoms with Crippen molar-refractivity contribution in [1.29, 1.82) is 0 Å². The molecule has 0 atom stereocenters. The number of carbonyl (C=O) groups is 1. The highest BCUT2D eigenvalue weighted by Crippen LogP contribution is 2.17. The van der Waals surface area contributed by atoms with Crippen molar-refractivity contribution in [3.63, 3.8) is 0 Å². The van der Waals surface area contributed by atoms with Gasteiger partial charge in [-0.2, -0.15) is 0 Å². The molecule has 21 heavy (non-hydrogen) atoms. The van der Waals surface area contributed by atoms with Crippen LogP contribution in [0.3, 0.4) is 0 Å². The number of amides is 1. The summed E-state index contributed by atoms with van der Waals surface area (Å²) < 4.78 is 5.34. The molecular formula is C14H12N4O2S. The van der Waals surface area contributed by atoms with E-state index in [-0.39, 0.29) is 11.9 Å². The van der Waals surface area contributed by atoms with Crippen molar-refractivity contribution < 1.29 is 9.21 Å². The van der Waals surface area contributed by atoms with Crippen LogP contribution in [-0.4, -0.2) is 20.9 Å². The molecule has 0 spiro atoms. The van der Waals surface area contributed by atoms with E-state index in [1.165, 1.54) is 17.5 Å². The van der Waals surface area contributed by atoms with Gasteiger partial charge in [0.2, 0.25) is 0 Å². The lowest BCUT2D eigenvalue weighted by atomic mass is 10.2. The monoisotopic (exact) mass is 300 g/mol. The van der Waals surface area contributed by atoms with Crippen molar-refractivity contribution in [2.24, 2.45) is 0 Å². The first kappa shape index (κ1) is 13.4. The van der Waals surface area contributed by atoms with Gasteiger partial charge in [0.25, 0.3) is 5.91 Å². The minimum atomic E-state index is -0.308. The summed E-state index contributed by atoms with van der Waals surface area (Å²) in [4.78, 5) is 24.4. The number of rotatable bonds is 4. The molecule has 0 bridgehead atoms. The molecular weight excluding hydrogens is 288 g/mol. The number of thiazole rings is 1. The third-order valence-electron chi connectivity index (χ3n) is 2.84. The molecule has 7 heteroatoms. The molecule has 0 unspecified atom stereocenters. The predicted molar refractivity (Wildman–Crippen MR) is 79.2 cm³/mol. The maximum absolute atomic E-state index is 12.0. The second-order valence-electron chi connectivity index (χ2n) is 4.25. The Morgan fingerprint density at radius 3 is 2.76 bits per heavy atom. The molecule has 106 valence electrons. The average Bonchev–Trinajstić information content (AvgIpc) is 3.19. The molecule has 1 amide bonds. The minimum Gasteiger partial charge on any atom is -0.428 e. The van der Waals surface area contributed by atoms with Crippen LogP contribution < -0.4 is 5.32 Å². The third-order valence-corrected chi connectivity index (χ3v) is 3.43. The molecule has 0 saturated carbocycles. The molecule has 1 N–H and O–H groups in total. The topological polar surface area (TPSA) is 80.9 Å². The second-order valence-corrected chi connectivity index (χ2v) is 4.96. The summed E-state index contributed by atoms with van der Waals surface area (Å²) in [5.74, 6) is 0.416. The SMILES string of the molecule is CCc1cnc(NC(=O)c2ccc(-c3cscn3)nc2)o1. The van der Waals surface area contributed by atoms with Gasteiger partial charge in [-0.1, -0.05) is 6.92 Å². The Hall–Kier alpha value is -2.54. The molecule has 0 radical (unpaired) electrons. The Kier molecular flexibility index (Phi) is 3.74. The van der Waals surface area contributed by atoms with Gasteiger partial charge in [-0.25, -0.2) is 9.97 Å². The second kappa shape index (κ2) is 5.84. The molecule has 3 aromatic rings. The van der Waals surface area contributed by atoms with Crippen LogP contribution in [0.5, 0.6) is 0 Å². The van der Waals surface area contributed by atoms with Crippen LogP contribution >= 0.6 is 11.3 Å². The summed E-state index contributed by atoms with van der Waals surface area (Å²) in [6.45, 7) is 1.95. The van der Waals surface area contributed by atoms with E-state index in [4.69, 9.17) is 4.42 Å². The summed E-state index contributed by atoms with van der Waals surface area (Å²) in [7, 11) is 0. The smallest absolute Gasteiger partial charge is 0.301 e. The minimum absolute atomic E-state index is 0.195. The van der Waals surface area contributed by atoms with Crippen molar-refractivity contribution in [3.05, 3.63) is 46.7 Å². The first-order valence-corrected chi connectivity index (χ1v) is 7.31. The summed E-state index contributed by atoms with van der Waals surface area (Å²) >= 11 is 1.50. The zero-order valence-electron chi connectivity index (χ0n) is 11.2. The van der Waals surface area contributed by atoms with Gasteiger partial charge in [0.05, 0.1) is 28.7 Å². The van der Waals surface area contributed by atoms with Gasteiger partial charge < -0.3 is 4.42 Å². The highest BCUT2D eigenvalue weighted by atomic mass is 32.1. The molecule has 3 rings (SSSR count). The fourth-order valence-electron chi connectivity index (χ4n) is 1.72. The van der Waals surface area contributed by atoms with Gasteiger partial charge in [-0.3, -0.25) is 15.1 Å². The third kappa shape index (κ3) is 2.97. The molecule has 0 saturated heterocycles. The first-order valence-electron chi connectivity index (χ1n) is 6.37. The molecule has 0 aliphatic carbocycles. The van der Waals surface area contributed by atoms with Crippen LogP contribution in [0.2, 0.25) is 0 Å². The normalized spacial score (nSPS) is 10.5. The van der Waals surface area contributed by atoms with E-state index in [0.717, 1.165) is 23.6 Å². The van der Waals surface area contributed by atoms with Gasteiger partial charge in [-0.05, 0) is 12.1 Å². The fourth-order valence-corrected chi connectivity index (χ4v) is 2.26. The largest absolute Gasteiger partial charge is 0.428 e. The predicted octanol–water partition coefficient (Wildman–Crippen LogP) is 3.01. The average molecular weight is 300 g/mol. The zero-order chi connectivity index (χ0) is 14.7. The Balaban J connectivity index is 1.73. The summed E-state index contributed by atoms with van der Waals surface area (Å²) in [5.41, 5.74) is 3.71. The number of pyridine rings is 1. The van der Waals surface area contributed by atoms with Crippen LogP contribution in [0.4, 0.5) is 6.01 Å². The maximum atomic E-state index is 12.0. The Morgan fingerprint density at radius 1 is 1.24 bits per heavy atom. The van der Waals surface area contributed by atoms with Crippen molar-refractivity contribution in [1.82, 2.24) is 15.0 Å². The first-order chi connectivity index (χ1) is 10.3. The van der Waals surface area contributed by atoms with Crippen molar-refractivity contribution in [3.8, 4) is 11.4 Å². The zero-order valence-corrected chi connectivity index (χ0v) is 12.1. The molecule has 6 nitrogen and oxygen atoms in total. The van der Waals surface area contributed by atoms with E-state index < -0.39 is 0 Å². The molecule has 3 aromatic heterocycles. The Morgan fingerprint density at radius 2 is 2.14 bits per heavy atom. The summed E-state index contributed by atoms with van der Waals surface area (Å²) in [6, 6.07) is 3.65. The molecule has 0 aliphatic heterocycles. The number of oxazole rings is 1. The number of aromatic nitrogens is 3. The van der Waals surface area contributed by atoms with Gasteiger partial charge >= 0.3 is 6.01 Å². The van der Waals surface area contributed by atoms with E-state index in [1.807, 2.05) is 12.3 Å². The maximum Gasteiger partial charge on any atom is 0.301 e. The van der Waals surface area contributed by atoms with Gasteiger partial charge in [0.15, 0.2) is 0 Å². The van der Waals surface area contributed by atoms with Crippen molar-refractivity contribution >= 4 is 23.3 Å². The highest BCUT2D eigenvalue weighted by molar-refractivity contribution is 7.07. The quantitative estimate of drug-likeness (QED) is 0.801. The Bertz CT molecular complexity index is 735. The van der Waals surface area contributed by atoms with Crippen molar-refractivity contribution in [2.45, 2.75) is 13.3 Å². The number of hydrogen-bond donors (Lipinski definition) is 1. The van der Waals surface area contributed by atoms with E-state index in [0.29, 0.717) is 5.56 Å². The fraction of sp³-hybridized carbons (Fsp3) is 0.143. The summed E-state index contributed by atoms with van der Waals surface area (Å²) in [6.07, 6.45) is 3.83. The number of nitrogens with one attached hydrogen (secondary N) is 1. The van der Waals surface area contributed by atoms with Crippen LogP contribution in [0.1, 0.15) is 23.0 Å². The molecule has 0 aromatic carbocycles. The van der Waals surface area contributed by atoms with Crippen LogP contribution in [-0.2, 0) is 6.42 Å². The van der Waals surface area contributed by atoms with E-state index >= 15 is 0 Å². The summed E-state index contributed by atoms with van der Waals surface area (Å²) in [5, 5.41) is 4.50. The van der Waals surface area contributed by atoms with Crippen LogP contribution in [0.15, 0.2) is 39.8 Å². The number of anilines is 1. The van der Waals surface area contributed by atoms with E-state index in [2.05, 4.69) is 20.3 Å². The van der Waals surface area contributed by atoms with Gasteiger partial charge in [0, 0.05) is 18.0 Å². The molecule has 0 fully saturated rings. The van der Waals surface area contributed by atoms with Gasteiger partial charge in [-0.15, -0.1) is 11.3 Å². The lowest BCUT2D eigenvalue weighted by Gasteiger charge is -2.01. The van der Waals surface area contributed by atoms with E-state index in [9.17, 15) is 4.79 Å². The van der Waals surface area contributed by atoms with Crippen LogP contribution in [0.25, 0.3) is 11.4 Å². The lowest BCUT2D eigenvalue weighted by molar-refractivity contribution is 0.102. The van der Waals surface area contributed by atoms with Crippen LogP contribution in [0, 0.1) is 0 Å². The standard InChI is InChI=1S/C14H12N4O2S/c1-2-10-6-16-14(20-10)18-13(19)9-3-4-11(15-5-9)12-7-21-8-17-12/h3-8H,2H2,1H3,(H,16,18,19). The number of hydrogen-bond acceptors (Lipinski definition) is 6. The van der Waals surface area contributed by atoms with Crippen molar-refractivity contribution in [2.75, 3.05) is 5.32 Å². The highest BCUT2D eigenvalue weighted by Gasteiger charge is 2.11. The number of carbonyl (C=O) groups excluding carboxylic acids is 1. The number of aryl methyl sites for hydroxylation is 1. The molecule has 3 heterocycles. The Labute approximate surface area is 124 Å². The number of nitrogens with zero attached hydrogens (tertiary/aromatic N) is 3. The van der Waals surface area contributed by atoms with E-state index in [1.54, 1.807) is 23.8 Å².